The Morgan fingerprint density at radius 3 is 2.70 bits per heavy atom. The number of ether oxygens (including phenoxy) is 2. The summed E-state index contributed by atoms with van der Waals surface area (Å²) in [4.78, 5) is 35.6. The van der Waals surface area contributed by atoms with Crippen LogP contribution in [0.15, 0.2) is 47.6 Å². The van der Waals surface area contributed by atoms with E-state index >= 15 is 0 Å². The number of hydrazone groups is 1. The van der Waals surface area contributed by atoms with Crippen LogP contribution in [0, 0.1) is 6.92 Å². The van der Waals surface area contributed by atoms with Crippen LogP contribution in [0.5, 0.6) is 5.75 Å². The molecule has 0 spiro atoms. The van der Waals surface area contributed by atoms with Crippen molar-refractivity contribution in [2.24, 2.45) is 5.10 Å². The molecule has 174 valence electrons. The second-order valence-corrected chi connectivity index (χ2v) is 7.77. The van der Waals surface area contributed by atoms with Crippen LogP contribution in [0.3, 0.4) is 0 Å². The van der Waals surface area contributed by atoms with Crippen molar-refractivity contribution >= 4 is 41.2 Å². The first-order chi connectivity index (χ1) is 15.9. The summed E-state index contributed by atoms with van der Waals surface area (Å²) in [5.41, 5.74) is 4.26. The van der Waals surface area contributed by atoms with Gasteiger partial charge in [-0.2, -0.15) is 5.10 Å². The van der Waals surface area contributed by atoms with E-state index in [2.05, 4.69) is 21.2 Å². The predicted molar refractivity (Wildman–Crippen MR) is 124 cm³/mol. The second-order valence-electron chi connectivity index (χ2n) is 7.36. The van der Waals surface area contributed by atoms with E-state index < -0.39 is 11.8 Å². The Hall–Kier alpha value is -3.43. The Morgan fingerprint density at radius 1 is 1.18 bits per heavy atom. The van der Waals surface area contributed by atoms with Crippen LogP contribution >= 0.6 is 11.6 Å². The van der Waals surface area contributed by atoms with E-state index in [1.54, 1.807) is 42.5 Å². The lowest BCUT2D eigenvalue weighted by Crippen LogP contribution is -2.41. The molecular formula is C23H25ClN4O5. The van der Waals surface area contributed by atoms with Crippen LogP contribution in [0.1, 0.15) is 24.0 Å². The van der Waals surface area contributed by atoms with Crippen molar-refractivity contribution in [3.05, 3.63) is 58.6 Å². The van der Waals surface area contributed by atoms with Gasteiger partial charge >= 0.3 is 11.8 Å². The quantitative estimate of drug-likeness (QED) is 0.310. The topological polar surface area (TPSA) is 118 Å². The summed E-state index contributed by atoms with van der Waals surface area (Å²) >= 11 is 6.05. The van der Waals surface area contributed by atoms with E-state index in [1.807, 2.05) is 6.92 Å². The number of carbonyl (C=O) groups is 3. The van der Waals surface area contributed by atoms with E-state index in [0.717, 1.165) is 18.4 Å². The minimum absolute atomic E-state index is 0.0435. The van der Waals surface area contributed by atoms with E-state index in [4.69, 9.17) is 21.1 Å². The van der Waals surface area contributed by atoms with Crippen molar-refractivity contribution in [1.29, 1.82) is 0 Å². The van der Waals surface area contributed by atoms with Crippen molar-refractivity contribution in [1.82, 2.24) is 10.7 Å². The highest BCUT2D eigenvalue weighted by Crippen LogP contribution is 2.22. The molecule has 0 aliphatic carbocycles. The maximum Gasteiger partial charge on any atom is 0.329 e. The van der Waals surface area contributed by atoms with Crippen molar-refractivity contribution in [3.8, 4) is 5.75 Å². The molecule has 1 fully saturated rings. The van der Waals surface area contributed by atoms with Gasteiger partial charge in [0.2, 0.25) is 0 Å². The number of nitrogens with zero attached hydrogens (tertiary/aromatic N) is 1. The van der Waals surface area contributed by atoms with Crippen molar-refractivity contribution in [3.63, 3.8) is 0 Å². The van der Waals surface area contributed by atoms with Gasteiger partial charge < -0.3 is 20.1 Å². The zero-order chi connectivity index (χ0) is 23.6. The molecule has 10 heteroatoms. The number of benzene rings is 2. The van der Waals surface area contributed by atoms with Gasteiger partial charge in [-0.25, -0.2) is 5.43 Å². The molecule has 2 aromatic carbocycles. The summed E-state index contributed by atoms with van der Waals surface area (Å²) in [6.07, 6.45) is 3.17. The Labute approximate surface area is 196 Å². The van der Waals surface area contributed by atoms with Gasteiger partial charge in [0, 0.05) is 23.9 Å². The molecule has 3 rings (SSSR count). The number of rotatable bonds is 8. The minimum atomic E-state index is -0.856. The number of carbonyl (C=O) groups excluding carboxylic acids is 3. The van der Waals surface area contributed by atoms with Crippen LogP contribution in [-0.4, -0.2) is 49.8 Å². The van der Waals surface area contributed by atoms with Crippen LogP contribution in [0.2, 0.25) is 5.02 Å². The van der Waals surface area contributed by atoms with Crippen LogP contribution in [0.4, 0.5) is 5.69 Å². The zero-order valence-electron chi connectivity index (χ0n) is 18.1. The number of hydrogen-bond donors (Lipinski definition) is 3. The molecule has 1 aliphatic rings. The molecule has 3 N–H and O–H groups in total. The van der Waals surface area contributed by atoms with E-state index in [-0.39, 0.29) is 18.6 Å². The molecule has 1 atom stereocenters. The lowest BCUT2D eigenvalue weighted by molar-refractivity contribution is -0.139. The Bertz CT molecular complexity index is 1020. The first-order valence-electron chi connectivity index (χ1n) is 10.4. The average molecular weight is 473 g/mol. The third kappa shape index (κ3) is 7.58. The van der Waals surface area contributed by atoms with Crippen LogP contribution in [-0.2, 0) is 19.1 Å². The summed E-state index contributed by atoms with van der Waals surface area (Å²) in [6, 6.07) is 12.0. The lowest BCUT2D eigenvalue weighted by Gasteiger charge is -2.10. The van der Waals surface area contributed by atoms with Gasteiger partial charge in [0.05, 0.1) is 12.3 Å². The lowest BCUT2D eigenvalue weighted by atomic mass is 10.2. The third-order valence-corrected chi connectivity index (χ3v) is 5.30. The van der Waals surface area contributed by atoms with Crippen LogP contribution < -0.4 is 20.8 Å². The van der Waals surface area contributed by atoms with E-state index in [9.17, 15) is 14.4 Å². The van der Waals surface area contributed by atoms with Gasteiger partial charge in [-0.3, -0.25) is 14.4 Å². The summed E-state index contributed by atoms with van der Waals surface area (Å²) in [5.74, 6) is -1.45. The molecule has 0 bridgehead atoms. The van der Waals surface area contributed by atoms with Crippen LogP contribution in [0.25, 0.3) is 0 Å². The maximum atomic E-state index is 12.1. The monoisotopic (exact) mass is 472 g/mol. The van der Waals surface area contributed by atoms with Gasteiger partial charge in [0.25, 0.3) is 5.91 Å². The minimum Gasteiger partial charge on any atom is -0.484 e. The maximum absolute atomic E-state index is 12.1. The smallest absolute Gasteiger partial charge is 0.329 e. The predicted octanol–water partition coefficient (Wildman–Crippen LogP) is 2.41. The number of halogens is 1. The van der Waals surface area contributed by atoms with E-state index in [1.165, 1.54) is 6.21 Å². The average Bonchev–Trinajstić information content (AvgIpc) is 3.33. The SMILES string of the molecule is Cc1c(Cl)cccc1NC(=O)COc1ccc(/C=N\NC(=O)C(=O)NC[C@H]2CCCO2)cc1. The zero-order valence-corrected chi connectivity index (χ0v) is 18.9. The van der Waals surface area contributed by atoms with Gasteiger partial charge in [-0.15, -0.1) is 0 Å². The van der Waals surface area contributed by atoms with Gasteiger partial charge in [0.1, 0.15) is 5.75 Å². The standard InChI is InChI=1S/C23H25ClN4O5/c1-15-19(24)5-2-6-20(15)27-21(29)14-33-17-9-7-16(8-10-17)12-26-28-23(31)22(30)25-13-18-4-3-11-32-18/h2,5-10,12,18H,3-4,11,13-14H2,1H3,(H,25,30)(H,27,29)(H,28,31)/b26-12-/t18-/m1/s1. The highest BCUT2D eigenvalue weighted by molar-refractivity contribution is 6.35. The largest absolute Gasteiger partial charge is 0.484 e. The molecule has 1 saturated heterocycles. The first kappa shape index (κ1) is 24.2. The highest BCUT2D eigenvalue weighted by Gasteiger charge is 2.18. The number of hydrogen-bond acceptors (Lipinski definition) is 6. The van der Waals surface area contributed by atoms with Gasteiger partial charge in [-0.1, -0.05) is 17.7 Å². The normalized spacial score (nSPS) is 15.3. The molecule has 0 unspecified atom stereocenters. The summed E-state index contributed by atoms with van der Waals surface area (Å²) < 4.78 is 10.9. The molecule has 3 amide bonds. The van der Waals surface area contributed by atoms with Gasteiger partial charge in [0.15, 0.2) is 6.61 Å². The van der Waals surface area contributed by atoms with Crippen molar-refractivity contribution < 1.29 is 23.9 Å². The summed E-state index contributed by atoms with van der Waals surface area (Å²) in [5, 5.41) is 9.62. The van der Waals surface area contributed by atoms with E-state index in [0.29, 0.717) is 35.2 Å². The Kier molecular flexibility index (Phi) is 8.79. The fourth-order valence-electron chi connectivity index (χ4n) is 3.04. The molecule has 2 aromatic rings. The van der Waals surface area contributed by atoms with Crippen molar-refractivity contribution in [2.75, 3.05) is 25.1 Å². The number of nitrogens with one attached hydrogen (secondary N) is 3. The molecule has 33 heavy (non-hydrogen) atoms. The summed E-state index contributed by atoms with van der Waals surface area (Å²) in [6.45, 7) is 2.63. The molecule has 1 heterocycles. The molecule has 9 nitrogen and oxygen atoms in total. The van der Waals surface area contributed by atoms with Gasteiger partial charge in [-0.05, 0) is 67.3 Å². The number of amides is 3. The van der Waals surface area contributed by atoms with Crippen molar-refractivity contribution in [2.45, 2.75) is 25.9 Å². The molecule has 0 aromatic heterocycles. The number of anilines is 1. The molecular weight excluding hydrogens is 448 g/mol. The first-order valence-corrected chi connectivity index (χ1v) is 10.8. The Morgan fingerprint density at radius 2 is 1.97 bits per heavy atom. The second kappa shape index (κ2) is 12.0. The molecule has 1 aliphatic heterocycles. The molecule has 0 saturated carbocycles. The molecule has 0 radical (unpaired) electrons. The Balaban J connectivity index is 1.39. The third-order valence-electron chi connectivity index (χ3n) is 4.89. The fourth-order valence-corrected chi connectivity index (χ4v) is 3.21. The fraction of sp³-hybridized carbons (Fsp3) is 0.304. The summed E-state index contributed by atoms with van der Waals surface area (Å²) in [7, 11) is 0. The highest BCUT2D eigenvalue weighted by atomic mass is 35.5.